The Bertz CT molecular complexity index is 3020. The second-order valence-electron chi connectivity index (χ2n) is 43.6. The lowest BCUT2D eigenvalue weighted by atomic mass is 9.76. The van der Waals surface area contributed by atoms with Gasteiger partial charge in [0.25, 0.3) is 0 Å². The van der Waals surface area contributed by atoms with Crippen LogP contribution in [0.3, 0.4) is 0 Å². The van der Waals surface area contributed by atoms with Crippen molar-refractivity contribution in [2.75, 3.05) is 6.61 Å². The molecule has 6 aliphatic heterocycles. The Morgan fingerprint density at radius 3 is 0.690 bits per heavy atom. The quantitative estimate of drug-likeness (QED) is 0.0212. The van der Waals surface area contributed by atoms with Crippen molar-refractivity contribution in [3.8, 4) is 0 Å². The van der Waals surface area contributed by atoms with Crippen LogP contribution in [0.1, 0.15) is 377 Å². The zero-order chi connectivity index (χ0) is 85.3. The largest absolute Gasteiger partial charge is 0.462 e. The van der Waals surface area contributed by atoms with E-state index in [-0.39, 0.29) is 44.4 Å². The molecule has 650 valence electrons. The molecule has 23 heteroatoms. The molecule has 6 heterocycles. The van der Waals surface area contributed by atoms with Gasteiger partial charge in [-0.1, -0.05) is 77.5 Å². The summed E-state index contributed by atoms with van der Waals surface area (Å²) in [6.07, 6.45) is 9.13. The SMILES string of the molecule is CCCCC(CCCc1cc(CCCC(CCCC)(C(=O)OC2CC(C)(C)N(O)C(C)(C)C2)C(=O)OC2CC(C)(C)N(O)C(C)(C)C2)cc(CCCC(CCCC)(C(=O)OC2CC(C)(C)N(O)C(C)(C)C2)C(=O)OC2CC(C)(C)N(O)C(C)(C)C2)c1)(COC1CC(C)(C)N(O)C(C)(C)C1)C(=O)OC1CC(C)(C)N(O)C(C)(C)C1. The summed E-state index contributed by atoms with van der Waals surface area (Å²) in [5.41, 5.74) is -10.5. The topological polar surface area (TPSA) is 282 Å². The van der Waals surface area contributed by atoms with Crippen LogP contribution >= 0.6 is 0 Å². The number of benzene rings is 1. The van der Waals surface area contributed by atoms with Gasteiger partial charge in [0.2, 0.25) is 0 Å². The number of esters is 5. The number of nitrogens with zero attached hydrogens (tertiary/aromatic N) is 6. The van der Waals surface area contributed by atoms with Crippen LogP contribution in [0, 0.1) is 16.2 Å². The maximum absolute atomic E-state index is 15.7. The fraction of sp³-hybridized carbons (Fsp3) is 0.878. The van der Waals surface area contributed by atoms with Gasteiger partial charge in [0.05, 0.1) is 18.1 Å². The van der Waals surface area contributed by atoms with Gasteiger partial charge in [-0.05, 0) is 273 Å². The Morgan fingerprint density at radius 1 is 0.292 bits per heavy atom. The molecule has 1 unspecified atom stereocenters. The van der Waals surface area contributed by atoms with Crippen molar-refractivity contribution in [3.05, 3.63) is 34.9 Å². The van der Waals surface area contributed by atoms with E-state index < -0.39 is 137 Å². The van der Waals surface area contributed by atoms with E-state index in [2.05, 4.69) is 25.1 Å². The van der Waals surface area contributed by atoms with E-state index in [0.717, 1.165) is 29.5 Å². The Kier molecular flexibility index (Phi) is 30.4. The van der Waals surface area contributed by atoms with E-state index in [4.69, 9.17) is 28.4 Å². The molecule has 1 aromatic carbocycles. The van der Waals surface area contributed by atoms with Crippen molar-refractivity contribution < 1.29 is 83.6 Å². The number of hydrogen-bond donors (Lipinski definition) is 6. The Hall–Kier alpha value is -3.95. The first-order valence-corrected chi connectivity index (χ1v) is 43.4. The van der Waals surface area contributed by atoms with E-state index in [9.17, 15) is 31.2 Å². The molecule has 1 aromatic rings. The maximum atomic E-state index is 15.7. The number of unbranched alkanes of at least 4 members (excludes halogenated alkanes) is 3. The van der Waals surface area contributed by atoms with Crippen molar-refractivity contribution in [2.45, 2.75) is 483 Å². The molecule has 6 saturated heterocycles. The average molecular weight is 1600 g/mol. The summed E-state index contributed by atoms with van der Waals surface area (Å²) in [5.74, 6) is -2.94. The van der Waals surface area contributed by atoms with Gasteiger partial charge < -0.3 is 59.7 Å². The number of ether oxygens (including phenoxy) is 6. The summed E-state index contributed by atoms with van der Waals surface area (Å²) in [5, 5.41) is 76.6. The minimum absolute atomic E-state index is 0.0858. The highest BCUT2D eigenvalue weighted by Gasteiger charge is 2.58. The molecule has 0 saturated carbocycles. The minimum Gasteiger partial charge on any atom is -0.462 e. The molecule has 0 aliphatic carbocycles. The lowest BCUT2D eigenvalue weighted by molar-refractivity contribution is -0.265. The molecule has 6 aliphatic rings. The first-order valence-electron chi connectivity index (χ1n) is 43.4. The van der Waals surface area contributed by atoms with E-state index in [1.54, 1.807) is 0 Å². The van der Waals surface area contributed by atoms with E-state index in [1.807, 2.05) is 180 Å². The Labute approximate surface area is 681 Å². The molecule has 6 N–H and O–H groups in total. The highest BCUT2D eigenvalue weighted by atomic mass is 16.6. The molecule has 23 nitrogen and oxygen atoms in total. The van der Waals surface area contributed by atoms with E-state index in [1.165, 1.54) is 30.4 Å². The number of carbonyl (C=O) groups is 5. The smallest absolute Gasteiger partial charge is 0.323 e. The summed E-state index contributed by atoms with van der Waals surface area (Å²) in [6.45, 7) is 52.7. The molecule has 1 atom stereocenters. The molecule has 0 bridgehead atoms. The molecule has 0 aromatic heterocycles. The van der Waals surface area contributed by atoms with Gasteiger partial charge in [-0.15, -0.1) is 0 Å². The maximum Gasteiger partial charge on any atom is 0.323 e. The van der Waals surface area contributed by atoms with Crippen LogP contribution in [0.5, 0.6) is 0 Å². The Morgan fingerprint density at radius 2 is 0.469 bits per heavy atom. The molecule has 0 amide bonds. The number of aryl methyl sites for hydroxylation is 3. The third-order valence-electron chi connectivity index (χ3n) is 26.9. The van der Waals surface area contributed by atoms with Crippen LogP contribution < -0.4 is 0 Å². The molecular formula is C90H158N6O17. The van der Waals surface area contributed by atoms with Gasteiger partial charge in [-0.2, -0.15) is 30.4 Å². The van der Waals surface area contributed by atoms with Crippen LogP contribution in [0.25, 0.3) is 0 Å². The van der Waals surface area contributed by atoms with Crippen LogP contribution in [-0.4, -0.2) is 201 Å². The zero-order valence-electron chi connectivity index (χ0n) is 75.5. The molecule has 0 spiro atoms. The molecule has 0 radical (unpaired) electrons. The van der Waals surface area contributed by atoms with E-state index >= 15 is 24.0 Å². The van der Waals surface area contributed by atoms with Gasteiger partial charge in [-0.3, -0.25) is 24.0 Å². The highest BCUT2D eigenvalue weighted by molar-refractivity contribution is 6.01. The first-order chi connectivity index (χ1) is 51.7. The first kappa shape index (κ1) is 96.2. The second-order valence-corrected chi connectivity index (χ2v) is 43.6. The number of carbonyl (C=O) groups excluding carboxylic acids is 5. The van der Waals surface area contributed by atoms with Crippen LogP contribution in [0.2, 0.25) is 0 Å². The summed E-state index contributed by atoms with van der Waals surface area (Å²) in [4.78, 5) is 78.5. The molecular weight excluding hydrogens is 1440 g/mol. The molecule has 7 rings (SSSR count). The average Bonchev–Trinajstić information content (AvgIpc) is 0.741. The van der Waals surface area contributed by atoms with Gasteiger partial charge in [0.1, 0.15) is 30.5 Å². The van der Waals surface area contributed by atoms with Crippen molar-refractivity contribution in [2.24, 2.45) is 16.2 Å². The third-order valence-corrected chi connectivity index (χ3v) is 26.9. The Balaban J connectivity index is 1.32. The second kappa shape index (κ2) is 35.8. The predicted octanol–water partition coefficient (Wildman–Crippen LogP) is 18.4. The van der Waals surface area contributed by atoms with Crippen molar-refractivity contribution in [1.82, 2.24) is 30.4 Å². The summed E-state index contributed by atoms with van der Waals surface area (Å²) in [7, 11) is 0. The van der Waals surface area contributed by atoms with Gasteiger partial charge >= 0.3 is 29.8 Å². The fourth-order valence-corrected chi connectivity index (χ4v) is 21.5. The number of piperidine rings is 6. The number of hydroxylamine groups is 12. The van der Waals surface area contributed by atoms with Gasteiger partial charge in [0.15, 0.2) is 10.8 Å². The van der Waals surface area contributed by atoms with Crippen LogP contribution in [0.15, 0.2) is 18.2 Å². The van der Waals surface area contributed by atoms with Crippen molar-refractivity contribution in [3.63, 3.8) is 0 Å². The normalized spacial score (nSPS) is 25.1. The summed E-state index contributed by atoms with van der Waals surface area (Å²) >= 11 is 0. The minimum atomic E-state index is -1.74. The van der Waals surface area contributed by atoms with E-state index in [0.29, 0.717) is 154 Å². The highest BCUT2D eigenvalue weighted by Crippen LogP contribution is 2.49. The van der Waals surface area contributed by atoms with Crippen molar-refractivity contribution >= 4 is 29.8 Å². The molecule has 113 heavy (non-hydrogen) atoms. The number of hydrogen-bond acceptors (Lipinski definition) is 23. The fourth-order valence-electron chi connectivity index (χ4n) is 21.5. The number of rotatable bonds is 34. The lowest BCUT2D eigenvalue weighted by Crippen LogP contribution is -2.61. The lowest BCUT2D eigenvalue weighted by Gasteiger charge is -2.52. The zero-order valence-corrected chi connectivity index (χ0v) is 75.5. The standard InChI is InChI=1S/C90H158N6O17/c1-28-31-40-88(61-108-65-49-76(4,5)91(102)77(6,7)50-65,71(97)109-66-51-78(8,9)92(103)79(10,11)52-66)41-34-37-62-46-63(38-35-44-89(42-32-29-2,72(98)110-67-53-80(12,13)93(104)81(14,15)54-67)73(99)111-68-55-82(16,17)94(105)83(18,19)56-68)48-64(47-62)39-36-45-90(43-33-30-3,74(100)112-69-57-84(20,21)95(106)85(22,23)58-69)75(101)113-70-59-86(24,25)96(107)87(26,27)60-70/h46-48,65-70,102-107H,28-45,49-61H2,1-27H3. The van der Waals surface area contributed by atoms with Crippen LogP contribution in [0.4, 0.5) is 0 Å². The summed E-state index contributed by atoms with van der Waals surface area (Å²) < 4.78 is 40.5. The van der Waals surface area contributed by atoms with Gasteiger partial charge in [-0.25, -0.2) is 0 Å². The van der Waals surface area contributed by atoms with Gasteiger partial charge in [0, 0.05) is 131 Å². The monoisotopic (exact) mass is 1600 g/mol. The van der Waals surface area contributed by atoms with Crippen molar-refractivity contribution in [1.29, 1.82) is 0 Å². The summed E-state index contributed by atoms with van der Waals surface area (Å²) in [6, 6.07) is 6.50. The predicted molar refractivity (Wildman–Crippen MR) is 436 cm³/mol. The third kappa shape index (κ3) is 22.6. The molecule has 6 fully saturated rings. The van der Waals surface area contributed by atoms with Crippen LogP contribution in [-0.2, 0) is 71.7 Å².